The monoisotopic (exact) mass is 269 g/mol. The van der Waals surface area contributed by atoms with Gasteiger partial charge >= 0.3 is 5.97 Å². The molecule has 1 aliphatic heterocycles. The molecule has 0 bridgehead atoms. The fraction of sp³-hybridized carbons (Fsp3) is 0.267. The molecule has 1 unspecified atom stereocenters. The number of anilines is 2. The van der Waals surface area contributed by atoms with Gasteiger partial charge in [-0.05, 0) is 31.4 Å². The summed E-state index contributed by atoms with van der Waals surface area (Å²) in [7, 11) is 0. The van der Waals surface area contributed by atoms with Gasteiger partial charge < -0.3 is 10.0 Å². The molecule has 1 N–H and O–H groups in total. The maximum Gasteiger partial charge on any atom is 0.356 e. The van der Waals surface area contributed by atoms with Crippen molar-refractivity contribution in [2.45, 2.75) is 25.8 Å². The van der Waals surface area contributed by atoms with Crippen LogP contribution in [-0.4, -0.2) is 27.1 Å². The summed E-state index contributed by atoms with van der Waals surface area (Å²) >= 11 is 0. The SMILES string of the molecule is CC1CCc2ccccc2N1c1cnc(C(=O)O)cn1. The molecule has 1 aromatic heterocycles. The molecule has 1 atom stereocenters. The molecular formula is C15H15N3O2. The molecule has 1 aromatic carbocycles. The van der Waals surface area contributed by atoms with Crippen molar-refractivity contribution in [2.75, 3.05) is 4.90 Å². The molecule has 1 aliphatic rings. The second-order valence-electron chi connectivity index (χ2n) is 4.95. The van der Waals surface area contributed by atoms with Gasteiger partial charge in [0, 0.05) is 11.7 Å². The van der Waals surface area contributed by atoms with Gasteiger partial charge in [-0.2, -0.15) is 0 Å². The molecule has 2 aromatic rings. The predicted octanol–water partition coefficient (Wildman–Crippen LogP) is 2.65. The molecule has 0 radical (unpaired) electrons. The number of hydrogen-bond acceptors (Lipinski definition) is 4. The van der Waals surface area contributed by atoms with Crippen molar-refractivity contribution >= 4 is 17.5 Å². The third-order valence-electron chi connectivity index (χ3n) is 3.63. The Hall–Kier alpha value is -2.43. The van der Waals surface area contributed by atoms with Crippen LogP contribution in [0.3, 0.4) is 0 Å². The van der Waals surface area contributed by atoms with Crippen LogP contribution < -0.4 is 4.90 Å². The summed E-state index contributed by atoms with van der Waals surface area (Å²) in [5.41, 5.74) is 2.38. The van der Waals surface area contributed by atoms with Crippen LogP contribution in [0.15, 0.2) is 36.7 Å². The minimum atomic E-state index is -1.06. The van der Waals surface area contributed by atoms with Gasteiger partial charge in [0.05, 0.1) is 12.4 Å². The maximum atomic E-state index is 10.8. The number of aryl methyl sites for hydroxylation is 1. The number of fused-ring (bicyclic) bond motifs is 1. The first-order chi connectivity index (χ1) is 9.66. The third-order valence-corrected chi connectivity index (χ3v) is 3.63. The summed E-state index contributed by atoms with van der Waals surface area (Å²) in [5, 5.41) is 8.88. The van der Waals surface area contributed by atoms with E-state index in [1.807, 2.05) is 12.1 Å². The number of carbonyl (C=O) groups is 1. The zero-order valence-electron chi connectivity index (χ0n) is 11.2. The lowest BCUT2D eigenvalue weighted by atomic mass is 9.97. The van der Waals surface area contributed by atoms with Gasteiger partial charge in [-0.3, -0.25) is 0 Å². The first kappa shape index (κ1) is 12.6. The van der Waals surface area contributed by atoms with Crippen molar-refractivity contribution in [3.8, 4) is 0 Å². The number of aromatic nitrogens is 2. The van der Waals surface area contributed by atoms with E-state index in [2.05, 4.69) is 33.9 Å². The van der Waals surface area contributed by atoms with Crippen molar-refractivity contribution < 1.29 is 9.90 Å². The molecule has 0 saturated carbocycles. The van der Waals surface area contributed by atoms with Crippen LogP contribution in [0.5, 0.6) is 0 Å². The molecule has 3 rings (SSSR count). The molecule has 0 spiro atoms. The van der Waals surface area contributed by atoms with Gasteiger partial charge in [-0.25, -0.2) is 14.8 Å². The Bertz CT molecular complexity index is 640. The Balaban J connectivity index is 2.02. The van der Waals surface area contributed by atoms with Crippen LogP contribution in [0, 0.1) is 0 Å². The minimum absolute atomic E-state index is 0.0355. The van der Waals surface area contributed by atoms with Crippen LogP contribution in [0.4, 0.5) is 11.5 Å². The molecule has 0 saturated heterocycles. The molecule has 5 nitrogen and oxygen atoms in total. The lowest BCUT2D eigenvalue weighted by Crippen LogP contribution is -2.33. The summed E-state index contributed by atoms with van der Waals surface area (Å²) < 4.78 is 0. The van der Waals surface area contributed by atoms with Gasteiger partial charge in [0.25, 0.3) is 0 Å². The van der Waals surface area contributed by atoms with Crippen molar-refractivity contribution in [2.24, 2.45) is 0 Å². The highest BCUT2D eigenvalue weighted by molar-refractivity contribution is 5.85. The summed E-state index contributed by atoms with van der Waals surface area (Å²) in [6, 6.07) is 8.54. The highest BCUT2D eigenvalue weighted by Gasteiger charge is 2.25. The topological polar surface area (TPSA) is 66.3 Å². The third kappa shape index (κ3) is 2.11. The number of benzene rings is 1. The van der Waals surface area contributed by atoms with Gasteiger partial charge in [0.1, 0.15) is 0 Å². The number of carboxylic acid groups (broad SMARTS) is 1. The summed E-state index contributed by atoms with van der Waals surface area (Å²) in [6.07, 6.45) is 4.93. The fourth-order valence-electron chi connectivity index (χ4n) is 2.59. The first-order valence-electron chi connectivity index (χ1n) is 6.59. The second-order valence-corrected chi connectivity index (χ2v) is 4.95. The molecule has 0 fully saturated rings. The summed E-state index contributed by atoms with van der Waals surface area (Å²) in [4.78, 5) is 21.2. The Morgan fingerprint density at radius 3 is 2.80 bits per heavy atom. The van der Waals surface area contributed by atoms with E-state index in [0.717, 1.165) is 18.5 Å². The van der Waals surface area contributed by atoms with Crippen LogP contribution in [0.25, 0.3) is 0 Å². The quantitative estimate of drug-likeness (QED) is 0.907. The van der Waals surface area contributed by atoms with Gasteiger partial charge in [0.15, 0.2) is 11.5 Å². The van der Waals surface area contributed by atoms with E-state index < -0.39 is 5.97 Å². The average Bonchev–Trinajstić information content (AvgIpc) is 2.47. The predicted molar refractivity (Wildman–Crippen MR) is 75.4 cm³/mol. The Kier molecular flexibility index (Phi) is 3.10. The number of hydrogen-bond donors (Lipinski definition) is 1. The van der Waals surface area contributed by atoms with Crippen molar-refractivity contribution in [1.82, 2.24) is 9.97 Å². The van der Waals surface area contributed by atoms with E-state index in [0.29, 0.717) is 11.9 Å². The normalized spacial score (nSPS) is 17.6. The van der Waals surface area contributed by atoms with E-state index in [1.165, 1.54) is 18.0 Å². The zero-order chi connectivity index (χ0) is 14.1. The Morgan fingerprint density at radius 2 is 2.10 bits per heavy atom. The number of para-hydroxylation sites is 1. The number of nitrogens with zero attached hydrogens (tertiary/aromatic N) is 3. The maximum absolute atomic E-state index is 10.8. The largest absolute Gasteiger partial charge is 0.476 e. The van der Waals surface area contributed by atoms with E-state index >= 15 is 0 Å². The lowest BCUT2D eigenvalue weighted by molar-refractivity contribution is 0.0690. The van der Waals surface area contributed by atoms with E-state index in [4.69, 9.17) is 5.11 Å². The van der Waals surface area contributed by atoms with Gasteiger partial charge in [-0.1, -0.05) is 18.2 Å². The van der Waals surface area contributed by atoms with E-state index in [-0.39, 0.29) is 5.69 Å². The number of carboxylic acids is 1. The van der Waals surface area contributed by atoms with Crippen LogP contribution in [0.1, 0.15) is 29.4 Å². The Labute approximate surface area is 116 Å². The van der Waals surface area contributed by atoms with Gasteiger partial charge in [0.2, 0.25) is 0 Å². The van der Waals surface area contributed by atoms with Crippen molar-refractivity contribution in [3.05, 3.63) is 47.9 Å². The van der Waals surface area contributed by atoms with E-state index in [9.17, 15) is 4.79 Å². The molecule has 0 amide bonds. The Morgan fingerprint density at radius 1 is 1.30 bits per heavy atom. The zero-order valence-corrected chi connectivity index (χ0v) is 11.2. The number of rotatable bonds is 2. The molecule has 0 aliphatic carbocycles. The molecular weight excluding hydrogens is 254 g/mol. The highest BCUT2D eigenvalue weighted by atomic mass is 16.4. The minimum Gasteiger partial charge on any atom is -0.476 e. The standard InChI is InChI=1S/C15H15N3O2/c1-10-6-7-11-4-2-3-5-13(11)18(10)14-9-16-12(8-17-14)15(19)20/h2-5,8-10H,6-7H2,1H3,(H,19,20). The molecule has 2 heterocycles. The lowest BCUT2D eigenvalue weighted by Gasteiger charge is -2.35. The van der Waals surface area contributed by atoms with Crippen LogP contribution in [0.2, 0.25) is 0 Å². The average molecular weight is 269 g/mol. The number of aromatic carboxylic acids is 1. The molecule has 5 heteroatoms. The van der Waals surface area contributed by atoms with Crippen LogP contribution in [-0.2, 0) is 6.42 Å². The summed E-state index contributed by atoms with van der Waals surface area (Å²) in [5.74, 6) is -0.370. The molecule has 102 valence electrons. The van der Waals surface area contributed by atoms with Crippen molar-refractivity contribution in [1.29, 1.82) is 0 Å². The highest BCUT2D eigenvalue weighted by Crippen LogP contribution is 2.35. The smallest absolute Gasteiger partial charge is 0.356 e. The van der Waals surface area contributed by atoms with Gasteiger partial charge in [-0.15, -0.1) is 0 Å². The first-order valence-corrected chi connectivity index (χ1v) is 6.59. The van der Waals surface area contributed by atoms with E-state index in [1.54, 1.807) is 0 Å². The fourth-order valence-corrected chi connectivity index (χ4v) is 2.59. The van der Waals surface area contributed by atoms with Crippen LogP contribution >= 0.6 is 0 Å². The summed E-state index contributed by atoms with van der Waals surface area (Å²) in [6.45, 7) is 2.14. The second kappa shape index (κ2) is 4.92. The molecule has 20 heavy (non-hydrogen) atoms. The van der Waals surface area contributed by atoms with Crippen molar-refractivity contribution in [3.63, 3.8) is 0 Å².